The van der Waals surface area contributed by atoms with Crippen molar-refractivity contribution in [1.29, 1.82) is 0 Å². The molecule has 0 aliphatic carbocycles. The minimum atomic E-state index is 0.649. The van der Waals surface area contributed by atoms with E-state index in [0.29, 0.717) is 5.92 Å². The summed E-state index contributed by atoms with van der Waals surface area (Å²) >= 11 is 0. The maximum absolute atomic E-state index is 5.78. The number of hydrogen-bond acceptors (Lipinski definition) is 1. The minimum absolute atomic E-state index is 0.649. The van der Waals surface area contributed by atoms with Gasteiger partial charge in [-0.2, -0.15) is 0 Å². The predicted molar refractivity (Wildman–Crippen MR) is 65.5 cm³/mol. The molecule has 0 fully saturated rings. The number of hydrogen-bond donors (Lipinski definition) is 0. The van der Waals surface area contributed by atoms with Gasteiger partial charge in [0.05, 0.1) is 6.61 Å². The van der Waals surface area contributed by atoms with Gasteiger partial charge in [-0.25, -0.2) is 0 Å². The predicted octanol–water partition coefficient (Wildman–Crippen LogP) is 4.12. The smallest absolute Gasteiger partial charge is 0.119 e. The molecule has 15 heavy (non-hydrogen) atoms. The van der Waals surface area contributed by atoms with Crippen LogP contribution in [0.15, 0.2) is 18.2 Å². The lowest BCUT2D eigenvalue weighted by Gasteiger charge is -2.13. The molecule has 0 spiro atoms. The zero-order valence-electron chi connectivity index (χ0n) is 10.3. The van der Waals surface area contributed by atoms with Crippen LogP contribution in [0.5, 0.6) is 5.75 Å². The van der Waals surface area contributed by atoms with Crippen molar-refractivity contribution in [2.75, 3.05) is 6.61 Å². The van der Waals surface area contributed by atoms with Crippen molar-refractivity contribution in [2.24, 2.45) is 5.92 Å². The Labute approximate surface area is 93.5 Å². The molecule has 1 atom stereocenters. The van der Waals surface area contributed by atoms with Crippen LogP contribution in [0.4, 0.5) is 0 Å². The molecule has 0 saturated carbocycles. The van der Waals surface area contributed by atoms with Gasteiger partial charge in [0, 0.05) is 0 Å². The number of benzene rings is 1. The summed E-state index contributed by atoms with van der Waals surface area (Å²) in [5.74, 6) is 1.66. The van der Waals surface area contributed by atoms with Crippen molar-refractivity contribution in [2.45, 2.75) is 40.5 Å². The quantitative estimate of drug-likeness (QED) is 0.704. The van der Waals surface area contributed by atoms with Crippen LogP contribution in [0.1, 0.15) is 37.8 Å². The average molecular weight is 206 g/mol. The van der Waals surface area contributed by atoms with Gasteiger partial charge in [0.15, 0.2) is 0 Å². The van der Waals surface area contributed by atoms with Crippen LogP contribution in [-0.4, -0.2) is 6.61 Å². The highest BCUT2D eigenvalue weighted by molar-refractivity contribution is 5.32. The highest BCUT2D eigenvalue weighted by Gasteiger charge is 2.02. The molecular formula is C14H22O. The molecule has 1 aromatic carbocycles. The SMILES string of the molecule is CCCC(C)COc1cc(C)cc(C)c1. The number of ether oxygens (including phenoxy) is 1. The monoisotopic (exact) mass is 206 g/mol. The normalized spacial score (nSPS) is 12.5. The topological polar surface area (TPSA) is 9.23 Å². The summed E-state index contributed by atoms with van der Waals surface area (Å²) in [4.78, 5) is 0. The summed E-state index contributed by atoms with van der Waals surface area (Å²) in [6.45, 7) is 9.50. The maximum Gasteiger partial charge on any atom is 0.119 e. The molecular weight excluding hydrogens is 184 g/mol. The van der Waals surface area contributed by atoms with E-state index < -0.39 is 0 Å². The summed E-state index contributed by atoms with van der Waals surface area (Å²) < 4.78 is 5.78. The Hall–Kier alpha value is -0.980. The van der Waals surface area contributed by atoms with E-state index in [1.165, 1.54) is 24.0 Å². The first-order valence-corrected chi connectivity index (χ1v) is 5.83. The van der Waals surface area contributed by atoms with E-state index in [0.717, 1.165) is 12.4 Å². The molecule has 0 aliphatic heterocycles. The van der Waals surface area contributed by atoms with Crippen molar-refractivity contribution in [3.05, 3.63) is 29.3 Å². The molecule has 84 valence electrons. The van der Waals surface area contributed by atoms with Crippen LogP contribution in [0.2, 0.25) is 0 Å². The van der Waals surface area contributed by atoms with Crippen molar-refractivity contribution >= 4 is 0 Å². The molecule has 0 aliphatic rings. The van der Waals surface area contributed by atoms with Gasteiger partial charge in [-0.3, -0.25) is 0 Å². The largest absolute Gasteiger partial charge is 0.493 e. The van der Waals surface area contributed by atoms with E-state index in [4.69, 9.17) is 4.74 Å². The first-order valence-electron chi connectivity index (χ1n) is 5.83. The highest BCUT2D eigenvalue weighted by Crippen LogP contribution is 2.17. The van der Waals surface area contributed by atoms with Crippen LogP contribution in [-0.2, 0) is 0 Å². The molecule has 1 heteroatoms. The van der Waals surface area contributed by atoms with Gasteiger partial charge in [0.1, 0.15) is 5.75 Å². The van der Waals surface area contributed by atoms with Crippen molar-refractivity contribution in [3.8, 4) is 5.75 Å². The fraction of sp³-hybridized carbons (Fsp3) is 0.571. The minimum Gasteiger partial charge on any atom is -0.493 e. The Morgan fingerprint density at radius 3 is 2.27 bits per heavy atom. The van der Waals surface area contributed by atoms with E-state index in [1.54, 1.807) is 0 Å². The fourth-order valence-corrected chi connectivity index (χ4v) is 1.83. The molecule has 0 aromatic heterocycles. The van der Waals surface area contributed by atoms with Gasteiger partial charge in [-0.05, 0) is 49.4 Å². The van der Waals surface area contributed by atoms with E-state index in [-0.39, 0.29) is 0 Å². The van der Waals surface area contributed by atoms with Crippen LogP contribution in [0.25, 0.3) is 0 Å². The average Bonchev–Trinajstić information content (AvgIpc) is 2.14. The lowest BCUT2D eigenvalue weighted by atomic mass is 10.1. The molecule has 0 saturated heterocycles. The zero-order chi connectivity index (χ0) is 11.3. The third kappa shape index (κ3) is 4.37. The van der Waals surface area contributed by atoms with Crippen LogP contribution < -0.4 is 4.74 Å². The number of rotatable bonds is 5. The number of aryl methyl sites for hydroxylation is 2. The second-order valence-electron chi connectivity index (χ2n) is 4.53. The van der Waals surface area contributed by atoms with Crippen molar-refractivity contribution < 1.29 is 4.74 Å². The molecule has 0 bridgehead atoms. The summed E-state index contributed by atoms with van der Waals surface area (Å²) in [6, 6.07) is 6.37. The molecule has 0 N–H and O–H groups in total. The molecule has 0 radical (unpaired) electrons. The lowest BCUT2D eigenvalue weighted by Crippen LogP contribution is -2.08. The molecule has 0 amide bonds. The first kappa shape index (κ1) is 12.1. The van der Waals surface area contributed by atoms with E-state index in [1.807, 2.05) is 0 Å². The Morgan fingerprint density at radius 2 is 1.73 bits per heavy atom. The Bertz CT molecular complexity index is 284. The van der Waals surface area contributed by atoms with Crippen LogP contribution in [0.3, 0.4) is 0 Å². The van der Waals surface area contributed by atoms with Gasteiger partial charge < -0.3 is 4.74 Å². The van der Waals surface area contributed by atoms with Crippen molar-refractivity contribution in [3.63, 3.8) is 0 Å². The fourth-order valence-electron chi connectivity index (χ4n) is 1.83. The molecule has 1 aromatic rings. The van der Waals surface area contributed by atoms with Gasteiger partial charge in [0.2, 0.25) is 0 Å². The summed E-state index contributed by atoms with van der Waals surface area (Å²) in [5.41, 5.74) is 2.54. The molecule has 1 nitrogen and oxygen atoms in total. The second-order valence-corrected chi connectivity index (χ2v) is 4.53. The van der Waals surface area contributed by atoms with E-state index in [9.17, 15) is 0 Å². The van der Waals surface area contributed by atoms with E-state index in [2.05, 4.69) is 45.9 Å². The van der Waals surface area contributed by atoms with Gasteiger partial charge in [-0.1, -0.05) is 26.3 Å². The summed E-state index contributed by atoms with van der Waals surface area (Å²) in [5, 5.41) is 0. The van der Waals surface area contributed by atoms with Crippen LogP contribution >= 0.6 is 0 Å². The van der Waals surface area contributed by atoms with Gasteiger partial charge in [0.25, 0.3) is 0 Å². The maximum atomic E-state index is 5.78. The molecule has 1 unspecified atom stereocenters. The second kappa shape index (κ2) is 5.79. The third-order valence-electron chi connectivity index (χ3n) is 2.51. The van der Waals surface area contributed by atoms with Crippen LogP contribution in [0, 0.1) is 19.8 Å². The summed E-state index contributed by atoms with van der Waals surface area (Å²) in [6.07, 6.45) is 2.47. The Morgan fingerprint density at radius 1 is 1.13 bits per heavy atom. The Balaban J connectivity index is 2.50. The zero-order valence-corrected chi connectivity index (χ0v) is 10.3. The van der Waals surface area contributed by atoms with Crippen molar-refractivity contribution in [1.82, 2.24) is 0 Å². The van der Waals surface area contributed by atoms with Gasteiger partial charge in [-0.15, -0.1) is 0 Å². The third-order valence-corrected chi connectivity index (χ3v) is 2.51. The highest BCUT2D eigenvalue weighted by atomic mass is 16.5. The molecule has 1 rings (SSSR count). The standard InChI is InChI=1S/C14H22O/c1-5-6-11(2)10-15-14-8-12(3)7-13(4)9-14/h7-9,11H,5-6,10H2,1-4H3. The van der Waals surface area contributed by atoms with E-state index >= 15 is 0 Å². The molecule has 0 heterocycles. The lowest BCUT2D eigenvalue weighted by molar-refractivity contribution is 0.251. The van der Waals surface area contributed by atoms with Gasteiger partial charge >= 0.3 is 0 Å². The summed E-state index contributed by atoms with van der Waals surface area (Å²) in [7, 11) is 0. The first-order chi connectivity index (χ1) is 7.11. The Kier molecular flexibility index (Phi) is 4.67.